The van der Waals surface area contributed by atoms with Gasteiger partial charge in [-0.3, -0.25) is 0 Å². The third-order valence-electron chi connectivity index (χ3n) is 3.07. The molecule has 0 fully saturated rings. The molecule has 2 rings (SSSR count). The molecular weight excluding hydrogens is 273 g/mol. The average Bonchev–Trinajstić information content (AvgIpc) is 2.86. The second-order valence-electron chi connectivity index (χ2n) is 5.25. The van der Waals surface area contributed by atoms with Gasteiger partial charge in [0, 0.05) is 17.9 Å². The number of nitrogens with zero attached hydrogens (tertiary/aromatic N) is 4. The molecule has 1 aromatic heterocycles. The van der Waals surface area contributed by atoms with E-state index in [0.717, 1.165) is 6.42 Å². The number of ether oxygens (including phenoxy) is 1. The van der Waals surface area contributed by atoms with Crippen molar-refractivity contribution in [2.24, 2.45) is 5.92 Å². The number of benzene rings is 1. The smallest absolute Gasteiger partial charge is 0.184 e. The van der Waals surface area contributed by atoms with Crippen LogP contribution in [-0.2, 0) is 11.3 Å². The van der Waals surface area contributed by atoms with Crippen molar-refractivity contribution in [2.75, 3.05) is 18.9 Å². The van der Waals surface area contributed by atoms with Crippen LogP contribution in [0, 0.1) is 11.7 Å². The fourth-order valence-corrected chi connectivity index (χ4v) is 1.86. The number of rotatable bonds is 7. The minimum atomic E-state index is -0.382. The number of nitrogen functional groups attached to an aromatic ring is 1. The van der Waals surface area contributed by atoms with Crippen molar-refractivity contribution in [3.8, 4) is 11.4 Å². The molecule has 0 saturated heterocycles. The Morgan fingerprint density at radius 1 is 1.33 bits per heavy atom. The van der Waals surface area contributed by atoms with Crippen molar-refractivity contribution in [1.29, 1.82) is 0 Å². The van der Waals surface area contributed by atoms with Crippen LogP contribution >= 0.6 is 0 Å². The molecule has 1 heterocycles. The number of anilines is 1. The highest BCUT2D eigenvalue weighted by atomic mass is 19.1. The highest BCUT2D eigenvalue weighted by Gasteiger charge is 2.12. The van der Waals surface area contributed by atoms with Crippen LogP contribution in [0.15, 0.2) is 18.2 Å². The summed E-state index contributed by atoms with van der Waals surface area (Å²) in [6.45, 7) is 6.07. The molecule has 0 aliphatic heterocycles. The lowest BCUT2D eigenvalue weighted by atomic mass is 10.1. The van der Waals surface area contributed by atoms with Crippen molar-refractivity contribution in [3.05, 3.63) is 24.0 Å². The van der Waals surface area contributed by atoms with Crippen LogP contribution in [0.3, 0.4) is 0 Å². The molecule has 0 spiro atoms. The van der Waals surface area contributed by atoms with Crippen LogP contribution in [0.1, 0.15) is 20.3 Å². The zero-order valence-electron chi connectivity index (χ0n) is 12.3. The molecule has 0 radical (unpaired) electrons. The summed E-state index contributed by atoms with van der Waals surface area (Å²) in [6.07, 6.45) is 1.02. The lowest BCUT2D eigenvalue weighted by Gasteiger charge is -2.08. The zero-order valence-corrected chi connectivity index (χ0v) is 12.3. The summed E-state index contributed by atoms with van der Waals surface area (Å²) in [6, 6.07) is 4.17. The van der Waals surface area contributed by atoms with Crippen LogP contribution in [-0.4, -0.2) is 33.4 Å². The second kappa shape index (κ2) is 7.12. The van der Waals surface area contributed by atoms with E-state index in [4.69, 9.17) is 10.5 Å². The molecule has 114 valence electrons. The molecule has 21 heavy (non-hydrogen) atoms. The van der Waals surface area contributed by atoms with Crippen LogP contribution < -0.4 is 5.73 Å². The van der Waals surface area contributed by atoms with Gasteiger partial charge in [0.15, 0.2) is 5.82 Å². The van der Waals surface area contributed by atoms with Crippen LogP contribution in [0.2, 0.25) is 0 Å². The van der Waals surface area contributed by atoms with E-state index in [2.05, 4.69) is 29.4 Å². The Balaban J connectivity index is 1.98. The Kier molecular flexibility index (Phi) is 5.21. The fourth-order valence-electron chi connectivity index (χ4n) is 1.86. The van der Waals surface area contributed by atoms with Crippen LogP contribution in [0.4, 0.5) is 10.1 Å². The lowest BCUT2D eigenvalue weighted by Crippen LogP contribution is -2.11. The van der Waals surface area contributed by atoms with Crippen molar-refractivity contribution in [1.82, 2.24) is 20.2 Å². The summed E-state index contributed by atoms with van der Waals surface area (Å²) in [5.41, 5.74) is 6.74. The van der Waals surface area contributed by atoms with Crippen molar-refractivity contribution in [3.63, 3.8) is 0 Å². The quantitative estimate of drug-likeness (QED) is 0.625. The number of nitrogens with two attached hydrogens (primary N) is 1. The topological polar surface area (TPSA) is 78.8 Å². The minimum absolute atomic E-state index is 0.312. The van der Waals surface area contributed by atoms with Gasteiger partial charge in [0.05, 0.1) is 13.2 Å². The van der Waals surface area contributed by atoms with E-state index in [-0.39, 0.29) is 5.82 Å². The summed E-state index contributed by atoms with van der Waals surface area (Å²) in [4.78, 5) is 0. The first-order chi connectivity index (χ1) is 10.1. The summed E-state index contributed by atoms with van der Waals surface area (Å²) in [5.74, 6) is 0.750. The Labute approximate surface area is 123 Å². The molecule has 2 N–H and O–H groups in total. The normalized spacial score (nSPS) is 11.2. The fraction of sp³-hybridized carbons (Fsp3) is 0.500. The van der Waals surface area contributed by atoms with Gasteiger partial charge in [-0.1, -0.05) is 13.8 Å². The lowest BCUT2D eigenvalue weighted by molar-refractivity contribution is 0.114. The minimum Gasteiger partial charge on any atom is -0.398 e. The third kappa shape index (κ3) is 4.22. The van der Waals surface area contributed by atoms with E-state index in [1.165, 1.54) is 12.1 Å². The van der Waals surface area contributed by atoms with Crippen molar-refractivity contribution in [2.45, 2.75) is 26.8 Å². The standard InChI is InChI=1S/C14H20FN5O/c1-10(2)5-7-21-8-6-20-14(17-18-19-20)12-4-3-11(15)9-13(12)16/h3-4,9-10H,5-8,16H2,1-2H3. The molecule has 1 aromatic carbocycles. The zero-order chi connectivity index (χ0) is 15.2. The largest absolute Gasteiger partial charge is 0.398 e. The predicted octanol–water partition coefficient (Wildman–Crippen LogP) is 2.12. The Morgan fingerprint density at radius 2 is 2.14 bits per heavy atom. The maximum atomic E-state index is 13.1. The van der Waals surface area contributed by atoms with Gasteiger partial charge >= 0.3 is 0 Å². The number of halogens is 1. The Bertz CT molecular complexity index is 584. The molecule has 0 unspecified atom stereocenters. The molecule has 0 atom stereocenters. The molecule has 0 amide bonds. The molecule has 7 heteroatoms. The maximum absolute atomic E-state index is 13.1. The van der Waals surface area contributed by atoms with E-state index in [1.807, 2.05) is 0 Å². The van der Waals surface area contributed by atoms with Gasteiger partial charge in [-0.05, 0) is 41.0 Å². The molecular formula is C14H20FN5O. The van der Waals surface area contributed by atoms with Crippen LogP contribution in [0.5, 0.6) is 0 Å². The van der Waals surface area contributed by atoms with E-state index in [0.29, 0.717) is 42.8 Å². The number of aromatic nitrogens is 4. The summed E-state index contributed by atoms with van der Waals surface area (Å²) >= 11 is 0. The van der Waals surface area contributed by atoms with Gasteiger partial charge < -0.3 is 10.5 Å². The maximum Gasteiger partial charge on any atom is 0.184 e. The monoisotopic (exact) mass is 293 g/mol. The van der Waals surface area contributed by atoms with Gasteiger partial charge in [-0.25, -0.2) is 9.07 Å². The Morgan fingerprint density at radius 3 is 2.86 bits per heavy atom. The van der Waals surface area contributed by atoms with E-state index >= 15 is 0 Å². The first-order valence-electron chi connectivity index (χ1n) is 6.97. The molecule has 6 nitrogen and oxygen atoms in total. The molecule has 0 bridgehead atoms. The van der Waals surface area contributed by atoms with Gasteiger partial charge in [0.1, 0.15) is 5.82 Å². The Hall–Kier alpha value is -2.02. The highest BCUT2D eigenvalue weighted by Crippen LogP contribution is 2.23. The molecule has 0 aliphatic rings. The molecule has 0 aliphatic carbocycles. The summed E-state index contributed by atoms with van der Waals surface area (Å²) in [7, 11) is 0. The predicted molar refractivity (Wildman–Crippen MR) is 77.9 cm³/mol. The van der Waals surface area contributed by atoms with E-state index < -0.39 is 0 Å². The SMILES string of the molecule is CC(C)CCOCCn1nnnc1-c1ccc(F)cc1N. The molecule has 0 saturated carbocycles. The van der Waals surface area contributed by atoms with Gasteiger partial charge in [-0.2, -0.15) is 0 Å². The molecule has 2 aromatic rings. The van der Waals surface area contributed by atoms with Crippen molar-refractivity contribution >= 4 is 5.69 Å². The second-order valence-corrected chi connectivity index (χ2v) is 5.25. The first kappa shape index (κ1) is 15.4. The van der Waals surface area contributed by atoms with E-state index in [9.17, 15) is 4.39 Å². The summed E-state index contributed by atoms with van der Waals surface area (Å²) in [5, 5.41) is 11.5. The summed E-state index contributed by atoms with van der Waals surface area (Å²) < 4.78 is 20.2. The van der Waals surface area contributed by atoms with Crippen LogP contribution in [0.25, 0.3) is 11.4 Å². The van der Waals surface area contributed by atoms with Gasteiger partial charge in [-0.15, -0.1) is 5.10 Å². The number of hydrogen-bond acceptors (Lipinski definition) is 5. The number of hydrogen-bond donors (Lipinski definition) is 1. The van der Waals surface area contributed by atoms with Crippen molar-refractivity contribution < 1.29 is 9.13 Å². The first-order valence-corrected chi connectivity index (χ1v) is 6.97. The average molecular weight is 293 g/mol. The number of tetrazole rings is 1. The van der Waals surface area contributed by atoms with Gasteiger partial charge in [0.2, 0.25) is 0 Å². The third-order valence-corrected chi connectivity index (χ3v) is 3.07. The van der Waals surface area contributed by atoms with E-state index in [1.54, 1.807) is 10.7 Å². The highest BCUT2D eigenvalue weighted by molar-refractivity contribution is 5.71. The van der Waals surface area contributed by atoms with Gasteiger partial charge in [0.25, 0.3) is 0 Å².